The summed E-state index contributed by atoms with van der Waals surface area (Å²) in [6.07, 6.45) is 6.17. The maximum atomic E-state index is 13.2. The summed E-state index contributed by atoms with van der Waals surface area (Å²) in [4.78, 5) is 17.9. The number of rotatable bonds is 9. The van der Waals surface area contributed by atoms with Crippen LogP contribution in [0.5, 0.6) is 0 Å². The third-order valence-electron chi connectivity index (χ3n) is 5.07. The number of anilines is 1. The van der Waals surface area contributed by atoms with Crippen molar-refractivity contribution in [3.63, 3.8) is 0 Å². The van der Waals surface area contributed by atoms with Gasteiger partial charge in [0.2, 0.25) is 0 Å². The van der Waals surface area contributed by atoms with Gasteiger partial charge in [0.05, 0.1) is 24.0 Å². The van der Waals surface area contributed by atoms with Crippen molar-refractivity contribution in [2.24, 2.45) is 5.92 Å². The first-order valence-corrected chi connectivity index (χ1v) is 10.2. The van der Waals surface area contributed by atoms with Gasteiger partial charge < -0.3 is 10.4 Å². The van der Waals surface area contributed by atoms with E-state index in [1.165, 1.54) is 12.1 Å². The minimum absolute atomic E-state index is 0. The van der Waals surface area contributed by atoms with Crippen LogP contribution in [0.1, 0.15) is 49.5 Å². The topological polar surface area (TPSA) is 83.8 Å². The van der Waals surface area contributed by atoms with Crippen molar-refractivity contribution >= 4 is 18.2 Å². The zero-order chi connectivity index (χ0) is 21.5. The van der Waals surface area contributed by atoms with Gasteiger partial charge in [-0.2, -0.15) is 0 Å². The Morgan fingerprint density at radius 1 is 1.03 bits per heavy atom. The molecule has 0 bridgehead atoms. The molecule has 2 aromatic heterocycles. The molecule has 0 radical (unpaired) electrons. The Hall–Kier alpha value is -2.64. The fourth-order valence-corrected chi connectivity index (χ4v) is 3.21. The molecule has 0 amide bonds. The van der Waals surface area contributed by atoms with E-state index in [9.17, 15) is 9.50 Å². The molecule has 0 unspecified atom stereocenters. The van der Waals surface area contributed by atoms with Gasteiger partial charge in [0, 0.05) is 37.5 Å². The van der Waals surface area contributed by atoms with E-state index in [0.29, 0.717) is 24.5 Å². The number of aromatic nitrogens is 4. The quantitative estimate of drug-likeness (QED) is 0.513. The molecular weight excluding hydrogens is 417 g/mol. The fraction of sp³-hybridized carbons (Fsp3) is 0.391. The van der Waals surface area contributed by atoms with Crippen LogP contribution in [0, 0.1) is 11.7 Å². The summed E-state index contributed by atoms with van der Waals surface area (Å²) in [5.41, 5.74) is 2.68. The SMILES string of the molecule is CC(C)[C@@H](CO)Nc1cc(Cc2cnccn2)nc(C[C@@H](C)c2ccc(F)cc2)n1.Cl. The van der Waals surface area contributed by atoms with E-state index in [1.807, 2.05) is 19.9 Å². The van der Waals surface area contributed by atoms with Gasteiger partial charge in [0.25, 0.3) is 0 Å². The molecule has 0 aliphatic carbocycles. The summed E-state index contributed by atoms with van der Waals surface area (Å²) in [6.45, 7) is 6.19. The van der Waals surface area contributed by atoms with Crippen LogP contribution in [0.25, 0.3) is 0 Å². The predicted molar refractivity (Wildman–Crippen MR) is 122 cm³/mol. The highest BCUT2D eigenvalue weighted by Crippen LogP contribution is 2.21. The van der Waals surface area contributed by atoms with Gasteiger partial charge in [0.1, 0.15) is 17.5 Å². The monoisotopic (exact) mass is 445 g/mol. The zero-order valence-corrected chi connectivity index (χ0v) is 18.8. The maximum Gasteiger partial charge on any atom is 0.131 e. The minimum atomic E-state index is -0.247. The average molecular weight is 446 g/mol. The van der Waals surface area contributed by atoms with E-state index in [1.54, 1.807) is 30.7 Å². The molecular formula is C23H29ClFN5O. The number of hydrogen-bond donors (Lipinski definition) is 2. The highest BCUT2D eigenvalue weighted by Gasteiger charge is 2.16. The molecule has 166 valence electrons. The number of aliphatic hydroxyl groups excluding tert-OH is 1. The molecule has 31 heavy (non-hydrogen) atoms. The van der Waals surface area contributed by atoms with Gasteiger partial charge in [-0.25, -0.2) is 14.4 Å². The smallest absolute Gasteiger partial charge is 0.131 e. The molecule has 0 aliphatic heterocycles. The van der Waals surface area contributed by atoms with Crippen LogP contribution in [0.2, 0.25) is 0 Å². The Kier molecular flexibility index (Phi) is 9.27. The Bertz CT molecular complexity index is 940. The summed E-state index contributed by atoms with van der Waals surface area (Å²) >= 11 is 0. The molecule has 3 aromatic rings. The van der Waals surface area contributed by atoms with Crippen LogP contribution in [0.15, 0.2) is 48.9 Å². The Morgan fingerprint density at radius 2 is 1.77 bits per heavy atom. The first kappa shape index (κ1) is 24.6. The average Bonchev–Trinajstić information content (AvgIpc) is 2.73. The molecule has 2 N–H and O–H groups in total. The van der Waals surface area contributed by atoms with Crippen molar-refractivity contribution in [3.05, 3.63) is 77.5 Å². The Morgan fingerprint density at radius 3 is 2.39 bits per heavy atom. The number of nitrogens with one attached hydrogen (secondary N) is 1. The van der Waals surface area contributed by atoms with E-state index in [0.717, 1.165) is 17.0 Å². The summed E-state index contributed by atoms with van der Waals surface area (Å²) in [6, 6.07) is 8.32. The van der Waals surface area contributed by atoms with Gasteiger partial charge in [-0.1, -0.05) is 32.9 Å². The van der Waals surface area contributed by atoms with Crippen molar-refractivity contribution in [2.45, 2.75) is 45.6 Å². The Balaban J connectivity index is 0.00000341. The lowest BCUT2D eigenvalue weighted by Gasteiger charge is -2.21. The van der Waals surface area contributed by atoms with Crippen LogP contribution in [-0.2, 0) is 12.8 Å². The van der Waals surface area contributed by atoms with Crippen molar-refractivity contribution in [1.82, 2.24) is 19.9 Å². The van der Waals surface area contributed by atoms with Gasteiger partial charge in [-0.05, 0) is 29.5 Å². The molecule has 0 saturated carbocycles. The van der Waals surface area contributed by atoms with Crippen LogP contribution in [0.4, 0.5) is 10.2 Å². The summed E-state index contributed by atoms with van der Waals surface area (Å²) in [5, 5.41) is 13.0. The van der Waals surface area contributed by atoms with Gasteiger partial charge in [-0.3, -0.25) is 9.97 Å². The second-order valence-corrected chi connectivity index (χ2v) is 7.87. The summed E-state index contributed by atoms with van der Waals surface area (Å²) in [5.74, 6) is 1.50. The van der Waals surface area contributed by atoms with Crippen LogP contribution in [-0.4, -0.2) is 37.7 Å². The lowest BCUT2D eigenvalue weighted by molar-refractivity contribution is 0.249. The normalized spacial score (nSPS) is 12.8. The summed E-state index contributed by atoms with van der Waals surface area (Å²) in [7, 11) is 0. The molecule has 0 saturated heterocycles. The number of halogens is 2. The van der Waals surface area contributed by atoms with E-state index < -0.39 is 0 Å². The lowest BCUT2D eigenvalue weighted by Crippen LogP contribution is -2.30. The third-order valence-corrected chi connectivity index (χ3v) is 5.07. The van der Waals surface area contributed by atoms with E-state index in [2.05, 4.69) is 27.2 Å². The largest absolute Gasteiger partial charge is 0.394 e. The fourth-order valence-electron chi connectivity index (χ4n) is 3.21. The van der Waals surface area contributed by atoms with Crippen molar-refractivity contribution < 1.29 is 9.50 Å². The van der Waals surface area contributed by atoms with Crippen molar-refractivity contribution in [2.75, 3.05) is 11.9 Å². The van der Waals surface area contributed by atoms with Crippen LogP contribution >= 0.6 is 12.4 Å². The van der Waals surface area contributed by atoms with E-state index in [-0.39, 0.29) is 42.7 Å². The second kappa shape index (κ2) is 11.7. The van der Waals surface area contributed by atoms with Gasteiger partial charge in [-0.15, -0.1) is 12.4 Å². The van der Waals surface area contributed by atoms with Crippen LogP contribution < -0.4 is 5.32 Å². The molecule has 0 aliphatic rings. The molecule has 6 nitrogen and oxygen atoms in total. The summed E-state index contributed by atoms with van der Waals surface area (Å²) < 4.78 is 13.2. The number of hydrogen-bond acceptors (Lipinski definition) is 6. The van der Waals surface area contributed by atoms with Crippen molar-refractivity contribution in [1.29, 1.82) is 0 Å². The van der Waals surface area contributed by atoms with E-state index >= 15 is 0 Å². The van der Waals surface area contributed by atoms with E-state index in [4.69, 9.17) is 4.98 Å². The van der Waals surface area contributed by atoms with Crippen molar-refractivity contribution in [3.8, 4) is 0 Å². The lowest BCUT2D eigenvalue weighted by atomic mass is 9.97. The zero-order valence-electron chi connectivity index (χ0n) is 18.0. The standard InChI is InChI=1S/C23H28FN5O.ClH/c1-15(2)21(14-30)28-23-12-19(11-20-13-25-8-9-26-20)27-22(29-23)10-16(3)17-4-6-18(24)7-5-17;/h4-9,12-13,15-16,21,30H,10-11,14H2,1-3H3,(H,27,28,29);1H/t16-,21-;/m1./s1. The number of nitrogens with zero attached hydrogens (tertiary/aromatic N) is 4. The number of benzene rings is 1. The second-order valence-electron chi connectivity index (χ2n) is 7.87. The molecule has 0 spiro atoms. The Labute approximate surface area is 188 Å². The highest BCUT2D eigenvalue weighted by atomic mass is 35.5. The first-order valence-electron chi connectivity index (χ1n) is 10.2. The van der Waals surface area contributed by atoms with Crippen LogP contribution in [0.3, 0.4) is 0 Å². The molecule has 2 atom stereocenters. The predicted octanol–water partition coefficient (Wildman–Crippen LogP) is 4.19. The molecule has 1 aromatic carbocycles. The molecule has 2 heterocycles. The minimum Gasteiger partial charge on any atom is -0.394 e. The number of aliphatic hydroxyl groups is 1. The molecule has 8 heteroatoms. The molecule has 3 rings (SSSR count). The maximum absolute atomic E-state index is 13.2. The highest BCUT2D eigenvalue weighted by molar-refractivity contribution is 5.85. The molecule has 0 fully saturated rings. The van der Waals surface area contributed by atoms with Gasteiger partial charge in [0.15, 0.2) is 0 Å². The first-order chi connectivity index (χ1) is 14.4. The third kappa shape index (κ3) is 7.22. The van der Waals surface area contributed by atoms with Gasteiger partial charge >= 0.3 is 0 Å².